The summed E-state index contributed by atoms with van der Waals surface area (Å²) in [5.74, 6) is -2.10. The largest absolute Gasteiger partial charge is 0.456 e. The van der Waals surface area contributed by atoms with Crippen LogP contribution in [0.25, 0.3) is 0 Å². The molecular formula is C11H10F3NO2. The molecule has 0 saturated heterocycles. The summed E-state index contributed by atoms with van der Waals surface area (Å²) in [6.45, 7) is 0. The standard InChI is InChI=1S/C11H10F3NO2/c12-11(13,14)10(16)9(15-17)7-6-8-4-2-1-3-5-8/h1-5,17H,6-7H2. The number of nitrogens with zero attached hydrogens (tertiary/aromatic N) is 1. The Morgan fingerprint density at radius 3 is 2.29 bits per heavy atom. The van der Waals surface area contributed by atoms with Crippen LogP contribution in [0.15, 0.2) is 35.5 Å². The lowest BCUT2D eigenvalue weighted by Crippen LogP contribution is -2.31. The summed E-state index contributed by atoms with van der Waals surface area (Å²) in [7, 11) is 0. The predicted octanol–water partition coefficient (Wildman–Crippen LogP) is 2.58. The van der Waals surface area contributed by atoms with Gasteiger partial charge in [0.05, 0.1) is 0 Å². The van der Waals surface area contributed by atoms with Crippen molar-refractivity contribution in [2.75, 3.05) is 0 Å². The average molecular weight is 245 g/mol. The molecule has 92 valence electrons. The highest BCUT2D eigenvalue weighted by atomic mass is 19.4. The Morgan fingerprint density at radius 1 is 1.24 bits per heavy atom. The molecule has 6 heteroatoms. The molecule has 0 aliphatic carbocycles. The molecular weight excluding hydrogens is 235 g/mol. The fourth-order valence-electron chi connectivity index (χ4n) is 1.28. The smallest absolute Gasteiger partial charge is 0.411 e. The third kappa shape index (κ3) is 3.90. The fraction of sp³-hybridized carbons (Fsp3) is 0.273. The number of oxime groups is 1. The third-order valence-corrected chi connectivity index (χ3v) is 2.13. The van der Waals surface area contributed by atoms with E-state index in [1.165, 1.54) is 0 Å². The van der Waals surface area contributed by atoms with Crippen LogP contribution in [0.2, 0.25) is 0 Å². The molecule has 0 atom stereocenters. The molecule has 1 rings (SSSR count). The van der Waals surface area contributed by atoms with Crippen LogP contribution in [-0.2, 0) is 11.2 Å². The topological polar surface area (TPSA) is 49.7 Å². The van der Waals surface area contributed by atoms with Crippen LogP contribution in [-0.4, -0.2) is 22.9 Å². The first-order valence-electron chi connectivity index (χ1n) is 4.81. The van der Waals surface area contributed by atoms with Gasteiger partial charge in [-0.2, -0.15) is 13.2 Å². The van der Waals surface area contributed by atoms with E-state index in [-0.39, 0.29) is 12.8 Å². The Balaban J connectivity index is 2.64. The average Bonchev–Trinajstić information content (AvgIpc) is 2.30. The first-order valence-corrected chi connectivity index (χ1v) is 4.81. The highest BCUT2D eigenvalue weighted by molar-refractivity contribution is 6.41. The molecule has 0 fully saturated rings. The summed E-state index contributed by atoms with van der Waals surface area (Å²) in [5.41, 5.74) is -0.107. The van der Waals surface area contributed by atoms with Crippen LogP contribution in [0.5, 0.6) is 0 Å². The first-order chi connectivity index (χ1) is 7.95. The van der Waals surface area contributed by atoms with Gasteiger partial charge in [-0.25, -0.2) is 0 Å². The van der Waals surface area contributed by atoms with Crippen LogP contribution >= 0.6 is 0 Å². The number of hydrogen-bond acceptors (Lipinski definition) is 3. The van der Waals surface area contributed by atoms with E-state index in [1.807, 2.05) is 0 Å². The SMILES string of the molecule is O=C(C(CCc1ccccc1)=NO)C(F)(F)F. The molecule has 17 heavy (non-hydrogen) atoms. The number of benzene rings is 1. The van der Waals surface area contributed by atoms with E-state index in [4.69, 9.17) is 5.21 Å². The maximum Gasteiger partial charge on any atom is 0.456 e. The number of hydrogen-bond donors (Lipinski definition) is 1. The number of carbonyl (C=O) groups is 1. The lowest BCUT2D eigenvalue weighted by atomic mass is 10.0. The highest BCUT2D eigenvalue weighted by Gasteiger charge is 2.41. The lowest BCUT2D eigenvalue weighted by molar-refractivity contribution is -0.163. The van der Waals surface area contributed by atoms with Crippen LogP contribution in [0, 0.1) is 0 Å². The minimum absolute atomic E-state index is 0.210. The number of rotatable bonds is 4. The van der Waals surface area contributed by atoms with Crippen molar-refractivity contribution in [1.29, 1.82) is 0 Å². The van der Waals surface area contributed by atoms with E-state index in [0.29, 0.717) is 0 Å². The summed E-state index contributed by atoms with van der Waals surface area (Å²) in [6.07, 6.45) is -5.04. The summed E-state index contributed by atoms with van der Waals surface area (Å²) in [5, 5.41) is 10.8. The van der Waals surface area contributed by atoms with E-state index in [9.17, 15) is 18.0 Å². The monoisotopic (exact) mass is 245 g/mol. The quantitative estimate of drug-likeness (QED) is 0.503. The van der Waals surface area contributed by atoms with Gasteiger partial charge in [-0.3, -0.25) is 4.79 Å². The van der Waals surface area contributed by atoms with Crippen molar-refractivity contribution < 1.29 is 23.2 Å². The zero-order chi connectivity index (χ0) is 12.9. The summed E-state index contributed by atoms with van der Waals surface area (Å²) in [6, 6.07) is 8.67. The molecule has 0 unspecified atom stereocenters. The van der Waals surface area contributed by atoms with Gasteiger partial charge in [-0.15, -0.1) is 0 Å². The molecule has 0 bridgehead atoms. The molecule has 0 aliphatic heterocycles. The molecule has 0 aromatic heterocycles. The Morgan fingerprint density at radius 2 is 1.82 bits per heavy atom. The number of halogens is 3. The van der Waals surface area contributed by atoms with Gasteiger partial charge in [-0.05, 0) is 12.0 Å². The molecule has 0 radical (unpaired) electrons. The number of Topliss-reactive ketones (excluding diaryl/α,β-unsaturated/α-hetero) is 1. The summed E-state index contributed by atoms with van der Waals surface area (Å²) >= 11 is 0. The van der Waals surface area contributed by atoms with Crippen molar-refractivity contribution >= 4 is 11.5 Å². The third-order valence-electron chi connectivity index (χ3n) is 2.13. The van der Waals surface area contributed by atoms with Gasteiger partial charge in [-0.1, -0.05) is 35.5 Å². The Hall–Kier alpha value is -1.85. The fourth-order valence-corrected chi connectivity index (χ4v) is 1.28. The van der Waals surface area contributed by atoms with Gasteiger partial charge in [0.25, 0.3) is 5.78 Å². The van der Waals surface area contributed by atoms with Crippen molar-refractivity contribution in [2.24, 2.45) is 5.16 Å². The van der Waals surface area contributed by atoms with Crippen molar-refractivity contribution in [3.8, 4) is 0 Å². The zero-order valence-electron chi connectivity index (χ0n) is 8.74. The van der Waals surface area contributed by atoms with Gasteiger partial charge in [0.2, 0.25) is 0 Å². The predicted molar refractivity (Wildman–Crippen MR) is 55.0 cm³/mol. The molecule has 1 N–H and O–H groups in total. The normalized spacial score (nSPS) is 12.5. The minimum Gasteiger partial charge on any atom is -0.411 e. The van der Waals surface area contributed by atoms with Gasteiger partial charge in [0, 0.05) is 6.42 Å². The van der Waals surface area contributed by atoms with Gasteiger partial charge in [0.1, 0.15) is 5.71 Å². The van der Waals surface area contributed by atoms with Crippen molar-refractivity contribution in [1.82, 2.24) is 0 Å². The first kappa shape index (κ1) is 13.2. The van der Waals surface area contributed by atoms with Crippen molar-refractivity contribution in [3.63, 3.8) is 0 Å². The molecule has 0 heterocycles. The van der Waals surface area contributed by atoms with Crippen LogP contribution in [0.4, 0.5) is 13.2 Å². The van der Waals surface area contributed by atoms with Crippen molar-refractivity contribution in [3.05, 3.63) is 35.9 Å². The zero-order valence-corrected chi connectivity index (χ0v) is 8.74. The van der Waals surface area contributed by atoms with E-state index < -0.39 is 17.7 Å². The van der Waals surface area contributed by atoms with E-state index in [0.717, 1.165) is 5.56 Å². The maximum absolute atomic E-state index is 12.1. The Labute approximate surface area is 95.6 Å². The second-order valence-electron chi connectivity index (χ2n) is 3.36. The second-order valence-corrected chi connectivity index (χ2v) is 3.36. The molecule has 1 aromatic rings. The van der Waals surface area contributed by atoms with Crippen LogP contribution < -0.4 is 0 Å². The number of alkyl halides is 3. The van der Waals surface area contributed by atoms with Crippen LogP contribution in [0.1, 0.15) is 12.0 Å². The highest BCUT2D eigenvalue weighted by Crippen LogP contribution is 2.18. The molecule has 0 aliphatic rings. The molecule has 0 saturated carbocycles. The summed E-state index contributed by atoms with van der Waals surface area (Å²) in [4.78, 5) is 10.8. The molecule has 0 amide bonds. The van der Waals surface area contributed by atoms with Gasteiger partial charge in [0.15, 0.2) is 0 Å². The second kappa shape index (κ2) is 5.47. The number of carbonyl (C=O) groups excluding carboxylic acids is 1. The van der Waals surface area contributed by atoms with Crippen molar-refractivity contribution in [2.45, 2.75) is 19.0 Å². The van der Waals surface area contributed by atoms with Gasteiger partial charge < -0.3 is 5.21 Å². The van der Waals surface area contributed by atoms with E-state index >= 15 is 0 Å². The Bertz CT molecular complexity index is 412. The molecule has 0 spiro atoms. The van der Waals surface area contributed by atoms with Gasteiger partial charge >= 0.3 is 6.18 Å². The lowest BCUT2D eigenvalue weighted by Gasteiger charge is -2.06. The Kier molecular flexibility index (Phi) is 4.25. The van der Waals surface area contributed by atoms with E-state index in [2.05, 4.69) is 5.16 Å². The maximum atomic E-state index is 12.1. The van der Waals surface area contributed by atoms with Crippen LogP contribution in [0.3, 0.4) is 0 Å². The minimum atomic E-state index is -5.00. The number of ketones is 1. The summed E-state index contributed by atoms with van der Waals surface area (Å²) < 4.78 is 36.2. The molecule has 3 nitrogen and oxygen atoms in total. The molecule has 1 aromatic carbocycles. The number of aryl methyl sites for hydroxylation is 1. The van der Waals surface area contributed by atoms with E-state index in [1.54, 1.807) is 30.3 Å².